The Bertz CT molecular complexity index is 773. The van der Waals surface area contributed by atoms with Crippen molar-refractivity contribution >= 4 is 11.8 Å². The topological polar surface area (TPSA) is 51.8 Å². The summed E-state index contributed by atoms with van der Waals surface area (Å²) in [5, 5.41) is 4.61. The highest BCUT2D eigenvalue weighted by atomic mass is 32.2. The summed E-state index contributed by atoms with van der Waals surface area (Å²) < 4.78 is 42.7. The Morgan fingerprint density at radius 2 is 1.83 bits per heavy atom. The minimum Gasteiger partial charge on any atom is -0.338 e. The Morgan fingerprint density at radius 1 is 1.04 bits per heavy atom. The summed E-state index contributed by atoms with van der Waals surface area (Å²) in [7, 11) is 0. The van der Waals surface area contributed by atoms with Crippen LogP contribution in [0.25, 0.3) is 11.4 Å². The molecule has 0 spiro atoms. The molecule has 0 aliphatic heterocycles. The van der Waals surface area contributed by atoms with Crippen molar-refractivity contribution in [2.45, 2.75) is 17.0 Å². The van der Waals surface area contributed by atoms with Gasteiger partial charge >= 0.3 is 6.18 Å². The van der Waals surface area contributed by atoms with E-state index in [1.807, 2.05) is 18.2 Å². The molecule has 0 aliphatic rings. The Labute approximate surface area is 133 Å². The van der Waals surface area contributed by atoms with Crippen LogP contribution in [0.4, 0.5) is 13.2 Å². The number of nitrogens with zero attached hydrogens (tertiary/aromatic N) is 3. The van der Waals surface area contributed by atoms with Crippen molar-refractivity contribution in [1.82, 2.24) is 15.1 Å². The lowest BCUT2D eigenvalue weighted by Gasteiger charge is -2.05. The van der Waals surface area contributed by atoms with Crippen LogP contribution in [-0.4, -0.2) is 15.1 Å². The number of hydrogen-bond donors (Lipinski definition) is 0. The van der Waals surface area contributed by atoms with Gasteiger partial charge in [0.25, 0.3) is 0 Å². The van der Waals surface area contributed by atoms with E-state index in [2.05, 4.69) is 15.1 Å². The molecule has 0 radical (unpaired) electrons. The number of hydrogen-bond acceptors (Lipinski definition) is 5. The highest BCUT2D eigenvalue weighted by Crippen LogP contribution is 2.30. The summed E-state index contributed by atoms with van der Waals surface area (Å²) in [6.45, 7) is 0. The van der Waals surface area contributed by atoms with Crippen LogP contribution < -0.4 is 0 Å². The van der Waals surface area contributed by atoms with E-state index in [0.29, 0.717) is 17.2 Å². The lowest BCUT2D eigenvalue weighted by atomic mass is 10.1. The molecule has 2 aromatic heterocycles. The average molecular weight is 337 g/mol. The first-order valence-corrected chi connectivity index (χ1v) is 7.55. The molecule has 0 unspecified atom stereocenters. The fourth-order valence-corrected chi connectivity index (χ4v) is 2.51. The summed E-state index contributed by atoms with van der Waals surface area (Å²) in [6.07, 6.45) is -2.68. The first-order chi connectivity index (χ1) is 11.0. The van der Waals surface area contributed by atoms with Crippen LogP contribution in [0, 0.1) is 0 Å². The standard InChI is InChI=1S/C15H10F3N3OS/c16-15(17,18)11-6-4-10(5-7-11)14-20-12(22-21-14)9-23-13-3-1-2-8-19-13/h1-8H,9H2. The number of benzene rings is 1. The average Bonchev–Trinajstić information content (AvgIpc) is 3.02. The molecule has 3 aromatic rings. The number of rotatable bonds is 4. The van der Waals surface area contributed by atoms with Crippen LogP contribution in [0.15, 0.2) is 58.2 Å². The lowest BCUT2D eigenvalue weighted by Crippen LogP contribution is -2.04. The first kappa shape index (κ1) is 15.5. The van der Waals surface area contributed by atoms with Crippen LogP contribution in [-0.2, 0) is 11.9 Å². The molecule has 3 rings (SSSR count). The molecule has 8 heteroatoms. The second kappa shape index (κ2) is 6.41. The van der Waals surface area contributed by atoms with Gasteiger partial charge in [-0.1, -0.05) is 35.1 Å². The molecule has 0 fully saturated rings. The van der Waals surface area contributed by atoms with Gasteiger partial charge in [-0.2, -0.15) is 18.2 Å². The maximum absolute atomic E-state index is 12.5. The summed E-state index contributed by atoms with van der Waals surface area (Å²) in [5.41, 5.74) is -0.244. The molecule has 0 N–H and O–H groups in total. The van der Waals surface area contributed by atoms with Gasteiger partial charge in [-0.05, 0) is 24.3 Å². The van der Waals surface area contributed by atoms with Crippen molar-refractivity contribution < 1.29 is 17.7 Å². The van der Waals surface area contributed by atoms with Gasteiger partial charge in [-0.25, -0.2) is 4.98 Å². The lowest BCUT2D eigenvalue weighted by molar-refractivity contribution is -0.137. The maximum atomic E-state index is 12.5. The van der Waals surface area contributed by atoms with Crippen molar-refractivity contribution in [3.8, 4) is 11.4 Å². The fraction of sp³-hybridized carbons (Fsp3) is 0.133. The third-order valence-electron chi connectivity index (χ3n) is 2.92. The fourth-order valence-electron chi connectivity index (χ4n) is 1.81. The van der Waals surface area contributed by atoms with Crippen LogP contribution in [0.3, 0.4) is 0 Å². The number of aromatic nitrogens is 3. The molecule has 0 amide bonds. The number of thioether (sulfide) groups is 1. The van der Waals surface area contributed by atoms with Crippen molar-refractivity contribution in [3.63, 3.8) is 0 Å². The molecule has 0 atom stereocenters. The van der Waals surface area contributed by atoms with E-state index in [9.17, 15) is 13.2 Å². The van der Waals surface area contributed by atoms with E-state index in [1.54, 1.807) is 6.20 Å². The second-order valence-electron chi connectivity index (χ2n) is 4.54. The molecular formula is C15H10F3N3OS. The van der Waals surface area contributed by atoms with Crippen LogP contribution in [0.1, 0.15) is 11.5 Å². The van der Waals surface area contributed by atoms with Crippen molar-refractivity contribution in [2.75, 3.05) is 0 Å². The molecule has 1 aromatic carbocycles. The third kappa shape index (κ3) is 3.89. The van der Waals surface area contributed by atoms with Gasteiger partial charge in [-0.3, -0.25) is 0 Å². The van der Waals surface area contributed by atoms with Gasteiger partial charge in [0.1, 0.15) is 0 Å². The Hall–Kier alpha value is -2.35. The predicted octanol–water partition coefficient (Wildman–Crippen LogP) is 4.44. The molecule has 0 aliphatic carbocycles. The summed E-state index contributed by atoms with van der Waals surface area (Å²) >= 11 is 1.43. The van der Waals surface area contributed by atoms with Crippen molar-refractivity contribution in [3.05, 3.63) is 60.1 Å². The van der Waals surface area contributed by atoms with Crippen LogP contribution in [0.5, 0.6) is 0 Å². The molecular weight excluding hydrogens is 327 g/mol. The predicted molar refractivity (Wildman–Crippen MR) is 78.5 cm³/mol. The van der Waals surface area contributed by atoms with Gasteiger partial charge in [0.2, 0.25) is 11.7 Å². The number of halogens is 3. The van der Waals surface area contributed by atoms with Crippen molar-refractivity contribution in [2.24, 2.45) is 0 Å². The van der Waals surface area contributed by atoms with E-state index < -0.39 is 11.7 Å². The number of pyridine rings is 1. The molecule has 23 heavy (non-hydrogen) atoms. The Kier molecular flexibility index (Phi) is 4.33. The highest BCUT2D eigenvalue weighted by Gasteiger charge is 2.30. The largest absolute Gasteiger partial charge is 0.416 e. The minimum atomic E-state index is -4.36. The molecule has 4 nitrogen and oxygen atoms in total. The summed E-state index contributed by atoms with van der Waals surface area (Å²) in [5.74, 6) is 1.08. The van der Waals surface area contributed by atoms with E-state index in [-0.39, 0.29) is 5.82 Å². The smallest absolute Gasteiger partial charge is 0.338 e. The normalized spacial score (nSPS) is 11.6. The van der Waals surface area contributed by atoms with E-state index in [0.717, 1.165) is 17.2 Å². The van der Waals surface area contributed by atoms with Gasteiger partial charge < -0.3 is 4.52 Å². The summed E-state index contributed by atoms with van der Waals surface area (Å²) in [4.78, 5) is 8.34. The van der Waals surface area contributed by atoms with Crippen LogP contribution in [0.2, 0.25) is 0 Å². The molecule has 118 valence electrons. The molecule has 0 saturated heterocycles. The second-order valence-corrected chi connectivity index (χ2v) is 5.54. The quantitative estimate of drug-likeness (QED) is 0.659. The van der Waals surface area contributed by atoms with E-state index >= 15 is 0 Å². The summed E-state index contributed by atoms with van der Waals surface area (Å²) in [6, 6.07) is 10.2. The van der Waals surface area contributed by atoms with E-state index in [4.69, 9.17) is 4.52 Å². The van der Waals surface area contributed by atoms with Gasteiger partial charge in [0.15, 0.2) is 0 Å². The molecule has 0 saturated carbocycles. The highest BCUT2D eigenvalue weighted by molar-refractivity contribution is 7.98. The monoisotopic (exact) mass is 337 g/mol. The van der Waals surface area contributed by atoms with Gasteiger partial charge in [-0.15, -0.1) is 0 Å². The van der Waals surface area contributed by atoms with Gasteiger partial charge in [0, 0.05) is 11.8 Å². The van der Waals surface area contributed by atoms with Crippen molar-refractivity contribution in [1.29, 1.82) is 0 Å². The van der Waals surface area contributed by atoms with Crippen LogP contribution >= 0.6 is 11.8 Å². The maximum Gasteiger partial charge on any atom is 0.416 e. The Balaban J connectivity index is 1.69. The number of alkyl halides is 3. The zero-order valence-electron chi connectivity index (χ0n) is 11.6. The zero-order valence-corrected chi connectivity index (χ0v) is 12.4. The van der Waals surface area contributed by atoms with E-state index in [1.165, 1.54) is 23.9 Å². The SMILES string of the molecule is FC(F)(F)c1ccc(-c2noc(CSc3ccccn3)n2)cc1. The molecule has 2 heterocycles. The minimum absolute atomic E-state index is 0.260. The first-order valence-electron chi connectivity index (χ1n) is 6.56. The Morgan fingerprint density at radius 3 is 2.48 bits per heavy atom. The van der Waals surface area contributed by atoms with Gasteiger partial charge in [0.05, 0.1) is 16.3 Å². The molecule has 0 bridgehead atoms. The third-order valence-corrected chi connectivity index (χ3v) is 3.85. The zero-order chi connectivity index (χ0) is 16.3.